The zero-order valence-corrected chi connectivity index (χ0v) is 14.8. The first-order chi connectivity index (χ1) is 11.1. The van der Waals surface area contributed by atoms with Crippen molar-refractivity contribution < 1.29 is 14.3 Å². The molecule has 0 N–H and O–H groups in total. The van der Waals surface area contributed by atoms with Crippen molar-refractivity contribution in [1.82, 2.24) is 0 Å². The molecule has 3 rings (SSSR count). The molecule has 0 fully saturated rings. The second kappa shape index (κ2) is 6.70. The second-order valence-electron chi connectivity index (χ2n) is 5.50. The summed E-state index contributed by atoms with van der Waals surface area (Å²) in [5, 5.41) is 0. The third-order valence-corrected chi connectivity index (χ3v) is 4.84. The summed E-state index contributed by atoms with van der Waals surface area (Å²) in [6, 6.07) is 15.1. The van der Waals surface area contributed by atoms with Crippen molar-refractivity contribution in [3.05, 3.63) is 63.2 Å². The number of esters is 1. The SMILES string of the molecule is CC1Cc2ccccc2N1C(=O)COC(=O)c1ccccc1I. The van der Waals surface area contributed by atoms with E-state index >= 15 is 0 Å². The summed E-state index contributed by atoms with van der Waals surface area (Å²) in [4.78, 5) is 26.3. The van der Waals surface area contributed by atoms with Crippen LogP contribution in [0.15, 0.2) is 48.5 Å². The topological polar surface area (TPSA) is 46.6 Å². The van der Waals surface area contributed by atoms with Gasteiger partial charge in [-0.1, -0.05) is 30.3 Å². The number of ether oxygens (including phenoxy) is 1. The Labute approximate surface area is 148 Å². The van der Waals surface area contributed by atoms with Gasteiger partial charge in [-0.2, -0.15) is 0 Å². The van der Waals surface area contributed by atoms with Gasteiger partial charge in [0.2, 0.25) is 0 Å². The normalized spacial score (nSPS) is 16.1. The third-order valence-electron chi connectivity index (χ3n) is 3.90. The molecule has 1 unspecified atom stereocenters. The van der Waals surface area contributed by atoms with Gasteiger partial charge in [-0.3, -0.25) is 4.79 Å². The van der Waals surface area contributed by atoms with Crippen LogP contribution in [0.4, 0.5) is 5.69 Å². The smallest absolute Gasteiger partial charge is 0.339 e. The van der Waals surface area contributed by atoms with Gasteiger partial charge in [-0.05, 0) is 59.7 Å². The summed E-state index contributed by atoms with van der Waals surface area (Å²) in [5.74, 6) is -0.662. The molecule has 0 aromatic heterocycles. The first-order valence-electron chi connectivity index (χ1n) is 7.39. The number of amides is 1. The van der Waals surface area contributed by atoms with Crippen molar-refractivity contribution in [2.45, 2.75) is 19.4 Å². The molecular formula is C18H16INO3. The van der Waals surface area contributed by atoms with Gasteiger partial charge in [-0.25, -0.2) is 4.79 Å². The minimum Gasteiger partial charge on any atom is -0.452 e. The van der Waals surface area contributed by atoms with Crippen LogP contribution in [0, 0.1) is 3.57 Å². The fourth-order valence-corrected chi connectivity index (χ4v) is 3.45. The number of benzene rings is 2. The van der Waals surface area contributed by atoms with E-state index in [0.29, 0.717) is 5.56 Å². The van der Waals surface area contributed by atoms with Crippen molar-refractivity contribution in [2.24, 2.45) is 0 Å². The van der Waals surface area contributed by atoms with Gasteiger partial charge in [0.15, 0.2) is 6.61 Å². The Morgan fingerprint density at radius 2 is 1.87 bits per heavy atom. The maximum absolute atomic E-state index is 12.5. The lowest BCUT2D eigenvalue weighted by atomic mass is 10.1. The minimum absolute atomic E-state index is 0.0791. The average Bonchev–Trinajstić information content (AvgIpc) is 2.88. The van der Waals surface area contributed by atoms with Crippen molar-refractivity contribution in [3.8, 4) is 0 Å². The molecule has 0 spiro atoms. The highest BCUT2D eigenvalue weighted by molar-refractivity contribution is 14.1. The molecule has 1 aliphatic rings. The molecule has 23 heavy (non-hydrogen) atoms. The molecule has 0 aliphatic carbocycles. The predicted molar refractivity (Wildman–Crippen MR) is 96.5 cm³/mol. The Morgan fingerprint density at radius 1 is 1.17 bits per heavy atom. The largest absolute Gasteiger partial charge is 0.452 e. The molecule has 1 aliphatic heterocycles. The molecule has 1 atom stereocenters. The molecule has 4 nitrogen and oxygen atoms in total. The Balaban J connectivity index is 1.69. The molecule has 1 heterocycles. The van der Waals surface area contributed by atoms with E-state index in [4.69, 9.17) is 4.74 Å². The first-order valence-corrected chi connectivity index (χ1v) is 8.47. The Kier molecular flexibility index (Phi) is 4.66. The van der Waals surface area contributed by atoms with E-state index in [1.807, 2.05) is 43.3 Å². The summed E-state index contributed by atoms with van der Waals surface area (Å²) >= 11 is 2.08. The minimum atomic E-state index is -0.469. The van der Waals surface area contributed by atoms with Crippen LogP contribution in [0.2, 0.25) is 0 Å². The molecule has 118 valence electrons. The van der Waals surface area contributed by atoms with Crippen molar-refractivity contribution in [3.63, 3.8) is 0 Å². The molecular weight excluding hydrogens is 405 g/mol. The van der Waals surface area contributed by atoms with Crippen LogP contribution in [-0.4, -0.2) is 24.5 Å². The fourth-order valence-electron chi connectivity index (χ4n) is 2.85. The van der Waals surface area contributed by atoms with Crippen LogP contribution in [0.3, 0.4) is 0 Å². The molecule has 0 radical (unpaired) electrons. The number of hydrogen-bond donors (Lipinski definition) is 0. The van der Waals surface area contributed by atoms with Gasteiger partial charge in [-0.15, -0.1) is 0 Å². The molecule has 2 aromatic rings. The molecule has 1 amide bonds. The highest BCUT2D eigenvalue weighted by Gasteiger charge is 2.31. The summed E-state index contributed by atoms with van der Waals surface area (Å²) in [6.07, 6.45) is 0.826. The summed E-state index contributed by atoms with van der Waals surface area (Å²) in [7, 11) is 0. The van der Waals surface area contributed by atoms with Crippen molar-refractivity contribution >= 4 is 40.2 Å². The summed E-state index contributed by atoms with van der Waals surface area (Å²) < 4.78 is 6.02. The van der Waals surface area contributed by atoms with Gasteiger partial charge in [0, 0.05) is 15.3 Å². The van der Waals surface area contributed by atoms with Gasteiger partial charge in [0.25, 0.3) is 5.91 Å². The average molecular weight is 421 g/mol. The lowest BCUT2D eigenvalue weighted by Crippen LogP contribution is -2.38. The quantitative estimate of drug-likeness (QED) is 0.564. The number of carbonyl (C=O) groups is 2. The highest BCUT2D eigenvalue weighted by atomic mass is 127. The van der Waals surface area contributed by atoms with Crippen LogP contribution >= 0.6 is 22.6 Å². The van der Waals surface area contributed by atoms with E-state index < -0.39 is 5.97 Å². The molecule has 0 saturated heterocycles. The number of rotatable bonds is 3. The van der Waals surface area contributed by atoms with Gasteiger partial charge >= 0.3 is 5.97 Å². The maximum atomic E-state index is 12.5. The zero-order valence-electron chi connectivity index (χ0n) is 12.7. The number of fused-ring (bicyclic) bond motifs is 1. The van der Waals surface area contributed by atoms with Crippen LogP contribution in [-0.2, 0) is 16.0 Å². The zero-order chi connectivity index (χ0) is 16.4. The number of halogens is 1. The lowest BCUT2D eigenvalue weighted by Gasteiger charge is -2.22. The maximum Gasteiger partial charge on any atom is 0.339 e. The van der Waals surface area contributed by atoms with Crippen LogP contribution in [0.1, 0.15) is 22.8 Å². The third kappa shape index (κ3) is 3.24. The summed E-state index contributed by atoms with van der Waals surface area (Å²) in [6.45, 7) is 1.75. The van der Waals surface area contributed by atoms with E-state index in [2.05, 4.69) is 22.6 Å². The fraction of sp³-hybridized carbons (Fsp3) is 0.222. The number of para-hydroxylation sites is 1. The molecule has 5 heteroatoms. The number of anilines is 1. The van der Waals surface area contributed by atoms with Crippen molar-refractivity contribution in [1.29, 1.82) is 0 Å². The lowest BCUT2D eigenvalue weighted by molar-refractivity contribution is -0.122. The van der Waals surface area contributed by atoms with Gasteiger partial charge in [0.1, 0.15) is 0 Å². The Morgan fingerprint density at radius 3 is 2.65 bits per heavy atom. The van der Waals surface area contributed by atoms with Crippen molar-refractivity contribution in [2.75, 3.05) is 11.5 Å². The van der Waals surface area contributed by atoms with E-state index in [9.17, 15) is 9.59 Å². The van der Waals surface area contributed by atoms with Crippen LogP contribution in [0.5, 0.6) is 0 Å². The van der Waals surface area contributed by atoms with E-state index in [0.717, 1.165) is 21.2 Å². The number of carbonyl (C=O) groups excluding carboxylic acids is 2. The standard InChI is InChI=1S/C18H16INO3/c1-12-10-13-6-2-5-9-16(13)20(12)17(21)11-23-18(22)14-7-3-4-8-15(14)19/h2-9,12H,10-11H2,1H3. The summed E-state index contributed by atoms with van der Waals surface area (Å²) in [5.41, 5.74) is 2.54. The van der Waals surface area contributed by atoms with Crippen LogP contribution in [0.25, 0.3) is 0 Å². The predicted octanol–water partition coefficient (Wildman–Crippen LogP) is 3.43. The molecule has 0 bridgehead atoms. The monoisotopic (exact) mass is 421 g/mol. The van der Waals surface area contributed by atoms with Gasteiger partial charge in [0.05, 0.1) is 5.56 Å². The van der Waals surface area contributed by atoms with Gasteiger partial charge < -0.3 is 9.64 Å². The van der Waals surface area contributed by atoms with E-state index in [1.54, 1.807) is 17.0 Å². The Bertz CT molecular complexity index is 759. The second-order valence-corrected chi connectivity index (χ2v) is 6.66. The Hall–Kier alpha value is -1.89. The van der Waals surface area contributed by atoms with Crippen LogP contribution < -0.4 is 4.90 Å². The molecule has 2 aromatic carbocycles. The first kappa shape index (κ1) is 16.0. The number of nitrogens with zero attached hydrogens (tertiary/aromatic N) is 1. The highest BCUT2D eigenvalue weighted by Crippen LogP contribution is 2.31. The van der Waals surface area contributed by atoms with E-state index in [1.165, 1.54) is 0 Å². The molecule has 0 saturated carbocycles. The number of hydrogen-bond acceptors (Lipinski definition) is 3. The van der Waals surface area contributed by atoms with E-state index in [-0.39, 0.29) is 18.6 Å².